The minimum Gasteiger partial charge on any atom is -0.491 e. The van der Waals surface area contributed by atoms with Gasteiger partial charge in [-0.2, -0.15) is 13.2 Å². The van der Waals surface area contributed by atoms with Crippen LogP contribution >= 0.6 is 0 Å². The lowest BCUT2D eigenvalue weighted by atomic mass is 10.1. The first kappa shape index (κ1) is 17.6. The number of alkyl halides is 3. The Bertz CT molecular complexity index is 572. The Hall–Kier alpha value is -1.76. The standard InChI is InChI=1S/C16H20F3NO3/c1-15(2)7-13(15)14(22)20-8-11(21)9-23-12-5-3-4-10(6-12)16(17,18)19/h3-6,11,13,21H,7-9H2,1-2H3,(H,20,22). The van der Waals surface area contributed by atoms with Gasteiger partial charge < -0.3 is 15.2 Å². The molecule has 1 amide bonds. The second kappa shape index (κ2) is 6.39. The first-order chi connectivity index (χ1) is 10.6. The van der Waals surface area contributed by atoms with Gasteiger partial charge in [0.25, 0.3) is 0 Å². The third-order valence-corrected chi connectivity index (χ3v) is 3.95. The zero-order valence-corrected chi connectivity index (χ0v) is 13.0. The molecule has 23 heavy (non-hydrogen) atoms. The van der Waals surface area contributed by atoms with E-state index in [9.17, 15) is 23.1 Å². The average molecular weight is 331 g/mol. The molecule has 128 valence electrons. The third-order valence-electron chi connectivity index (χ3n) is 3.95. The van der Waals surface area contributed by atoms with E-state index in [0.29, 0.717) is 0 Å². The quantitative estimate of drug-likeness (QED) is 0.842. The molecule has 1 aromatic carbocycles. The van der Waals surface area contributed by atoms with Gasteiger partial charge in [0.1, 0.15) is 18.5 Å². The van der Waals surface area contributed by atoms with Crippen LogP contribution in [0.25, 0.3) is 0 Å². The molecule has 4 nitrogen and oxygen atoms in total. The molecule has 1 aliphatic carbocycles. The summed E-state index contributed by atoms with van der Waals surface area (Å²) >= 11 is 0. The third kappa shape index (κ3) is 4.86. The summed E-state index contributed by atoms with van der Waals surface area (Å²) in [6.45, 7) is 3.79. The fourth-order valence-electron chi connectivity index (χ4n) is 2.27. The van der Waals surface area contributed by atoms with Crippen molar-refractivity contribution in [2.45, 2.75) is 32.5 Å². The van der Waals surface area contributed by atoms with E-state index in [1.165, 1.54) is 12.1 Å². The number of aliphatic hydroxyl groups is 1. The van der Waals surface area contributed by atoms with Gasteiger partial charge in [0, 0.05) is 12.5 Å². The number of rotatable bonds is 6. The van der Waals surface area contributed by atoms with E-state index < -0.39 is 17.8 Å². The molecule has 1 aromatic rings. The smallest absolute Gasteiger partial charge is 0.416 e. The van der Waals surface area contributed by atoms with E-state index >= 15 is 0 Å². The van der Waals surface area contributed by atoms with Crippen LogP contribution in [-0.2, 0) is 11.0 Å². The molecule has 1 saturated carbocycles. The topological polar surface area (TPSA) is 58.6 Å². The maximum absolute atomic E-state index is 12.6. The predicted octanol–water partition coefficient (Wildman–Crippen LogP) is 2.61. The van der Waals surface area contributed by atoms with Crippen LogP contribution in [0.5, 0.6) is 5.75 Å². The lowest BCUT2D eigenvalue weighted by molar-refractivity contribution is -0.137. The molecule has 2 atom stereocenters. The van der Waals surface area contributed by atoms with Gasteiger partial charge in [0.05, 0.1) is 5.56 Å². The molecule has 0 aliphatic heterocycles. The van der Waals surface area contributed by atoms with Gasteiger partial charge in [-0.25, -0.2) is 0 Å². The number of hydrogen-bond acceptors (Lipinski definition) is 3. The summed E-state index contributed by atoms with van der Waals surface area (Å²) in [7, 11) is 0. The van der Waals surface area contributed by atoms with Crippen LogP contribution in [0.1, 0.15) is 25.8 Å². The summed E-state index contributed by atoms with van der Waals surface area (Å²) in [5.74, 6) is -0.138. The van der Waals surface area contributed by atoms with Crippen LogP contribution < -0.4 is 10.1 Å². The highest BCUT2D eigenvalue weighted by Gasteiger charge is 2.50. The zero-order chi connectivity index (χ0) is 17.3. The summed E-state index contributed by atoms with van der Waals surface area (Å²) in [5.41, 5.74) is -0.808. The number of carbonyl (C=O) groups excluding carboxylic acids is 1. The van der Waals surface area contributed by atoms with Crippen molar-refractivity contribution in [2.75, 3.05) is 13.2 Å². The van der Waals surface area contributed by atoms with E-state index in [2.05, 4.69) is 5.32 Å². The summed E-state index contributed by atoms with van der Waals surface area (Å²) in [4.78, 5) is 11.8. The molecule has 7 heteroatoms. The molecule has 1 aliphatic rings. The monoisotopic (exact) mass is 331 g/mol. The van der Waals surface area contributed by atoms with Gasteiger partial charge in [-0.1, -0.05) is 19.9 Å². The fraction of sp³-hybridized carbons (Fsp3) is 0.562. The SMILES string of the molecule is CC1(C)CC1C(=O)NCC(O)COc1cccc(C(F)(F)F)c1. The first-order valence-electron chi connectivity index (χ1n) is 7.35. The fourth-order valence-corrected chi connectivity index (χ4v) is 2.27. The Morgan fingerprint density at radius 1 is 1.48 bits per heavy atom. The minimum absolute atomic E-state index is 0.00354. The van der Waals surface area contributed by atoms with E-state index in [0.717, 1.165) is 18.6 Å². The predicted molar refractivity (Wildman–Crippen MR) is 77.8 cm³/mol. The Morgan fingerprint density at radius 3 is 2.70 bits per heavy atom. The summed E-state index contributed by atoms with van der Waals surface area (Å²) in [5, 5.41) is 12.4. The van der Waals surface area contributed by atoms with E-state index in [1.807, 2.05) is 13.8 Å². The van der Waals surface area contributed by atoms with Crippen molar-refractivity contribution in [2.24, 2.45) is 11.3 Å². The van der Waals surface area contributed by atoms with Crippen LogP contribution in [0.15, 0.2) is 24.3 Å². The Labute approximate surface area is 132 Å². The lowest BCUT2D eigenvalue weighted by Crippen LogP contribution is -2.36. The van der Waals surface area contributed by atoms with Crippen molar-refractivity contribution in [1.29, 1.82) is 0 Å². The van der Waals surface area contributed by atoms with Crippen molar-refractivity contribution < 1.29 is 27.8 Å². The van der Waals surface area contributed by atoms with Crippen molar-refractivity contribution in [3.63, 3.8) is 0 Å². The second-order valence-electron chi connectivity index (χ2n) is 6.48. The number of hydrogen-bond donors (Lipinski definition) is 2. The highest BCUT2D eigenvalue weighted by molar-refractivity contribution is 5.82. The number of ether oxygens (including phenoxy) is 1. The van der Waals surface area contributed by atoms with Gasteiger partial charge in [0.2, 0.25) is 5.91 Å². The molecule has 2 N–H and O–H groups in total. The number of nitrogens with one attached hydrogen (secondary N) is 1. The Balaban J connectivity index is 1.76. The molecule has 0 bridgehead atoms. The van der Waals surface area contributed by atoms with Gasteiger partial charge in [-0.3, -0.25) is 4.79 Å². The maximum atomic E-state index is 12.6. The Kier molecular flexibility index (Phi) is 4.89. The summed E-state index contributed by atoms with van der Waals surface area (Å²) < 4.78 is 42.9. The molecular weight excluding hydrogens is 311 g/mol. The lowest BCUT2D eigenvalue weighted by Gasteiger charge is -2.15. The number of amides is 1. The summed E-state index contributed by atoms with van der Waals surface area (Å²) in [6.07, 6.45) is -4.62. The number of halogens is 3. The number of aliphatic hydroxyl groups excluding tert-OH is 1. The van der Waals surface area contributed by atoms with Crippen molar-refractivity contribution in [1.82, 2.24) is 5.32 Å². The molecular formula is C16H20F3NO3. The average Bonchev–Trinajstić information content (AvgIpc) is 3.11. The highest BCUT2D eigenvalue weighted by Crippen LogP contribution is 2.51. The molecule has 1 fully saturated rings. The van der Waals surface area contributed by atoms with Crippen LogP contribution in [0.3, 0.4) is 0 Å². The van der Waals surface area contributed by atoms with Gasteiger partial charge >= 0.3 is 6.18 Å². The van der Waals surface area contributed by atoms with Crippen molar-refractivity contribution in [3.8, 4) is 5.75 Å². The van der Waals surface area contributed by atoms with Crippen LogP contribution in [0.2, 0.25) is 0 Å². The summed E-state index contributed by atoms with van der Waals surface area (Å²) in [6, 6.07) is 4.44. The van der Waals surface area contributed by atoms with Gasteiger partial charge in [-0.15, -0.1) is 0 Å². The van der Waals surface area contributed by atoms with Crippen molar-refractivity contribution >= 4 is 5.91 Å². The molecule has 2 unspecified atom stereocenters. The van der Waals surface area contributed by atoms with Gasteiger partial charge in [0.15, 0.2) is 0 Å². The molecule has 0 radical (unpaired) electrons. The molecule has 0 saturated heterocycles. The van der Waals surface area contributed by atoms with Crippen LogP contribution in [0.4, 0.5) is 13.2 Å². The van der Waals surface area contributed by atoms with E-state index in [1.54, 1.807) is 0 Å². The highest BCUT2D eigenvalue weighted by atomic mass is 19.4. The maximum Gasteiger partial charge on any atom is 0.416 e. The second-order valence-corrected chi connectivity index (χ2v) is 6.48. The largest absolute Gasteiger partial charge is 0.491 e. The number of benzene rings is 1. The molecule has 0 aromatic heterocycles. The van der Waals surface area contributed by atoms with Gasteiger partial charge in [-0.05, 0) is 30.0 Å². The van der Waals surface area contributed by atoms with Crippen LogP contribution in [0, 0.1) is 11.3 Å². The normalized spacial score (nSPS) is 20.7. The molecule has 2 rings (SSSR count). The number of carbonyl (C=O) groups is 1. The van der Waals surface area contributed by atoms with Crippen molar-refractivity contribution in [3.05, 3.63) is 29.8 Å². The van der Waals surface area contributed by atoms with E-state index in [4.69, 9.17) is 4.74 Å². The zero-order valence-electron chi connectivity index (χ0n) is 13.0. The first-order valence-corrected chi connectivity index (χ1v) is 7.35. The Morgan fingerprint density at radius 2 is 2.13 bits per heavy atom. The van der Waals surface area contributed by atoms with E-state index in [-0.39, 0.29) is 36.1 Å². The molecule has 0 heterocycles. The minimum atomic E-state index is -4.44. The molecule has 0 spiro atoms. The van der Waals surface area contributed by atoms with Crippen LogP contribution in [-0.4, -0.2) is 30.3 Å².